The summed E-state index contributed by atoms with van der Waals surface area (Å²) in [6.07, 6.45) is 6.23. The standard InChI is InChI=1S/C22H30O6S/c1-14-6-5-7-19-21(14,3)9-8-15(2)22(19,4)12-17-10-16(13-23)11-18(24)20(17)28-29(25,26)27/h10-11,13,15,19,24H,1,5-9,12H2,2-4H3,(H,25,26,27)/t15-,19?,21+,22+/m0/s1. The normalized spacial score (nSPS) is 32.5. The van der Waals surface area contributed by atoms with Crippen LogP contribution in [0.25, 0.3) is 0 Å². The second-order valence-corrected chi connectivity index (χ2v) is 10.3. The van der Waals surface area contributed by atoms with Gasteiger partial charge in [-0.25, -0.2) is 0 Å². The van der Waals surface area contributed by atoms with E-state index in [-0.39, 0.29) is 22.1 Å². The molecule has 1 unspecified atom stereocenters. The van der Waals surface area contributed by atoms with Gasteiger partial charge in [0.1, 0.15) is 6.29 Å². The summed E-state index contributed by atoms with van der Waals surface area (Å²) < 4.78 is 36.6. The largest absolute Gasteiger partial charge is 0.504 e. The van der Waals surface area contributed by atoms with Gasteiger partial charge in [0, 0.05) is 11.1 Å². The van der Waals surface area contributed by atoms with E-state index < -0.39 is 16.1 Å². The Morgan fingerprint density at radius 2 is 2.00 bits per heavy atom. The number of aldehydes is 1. The number of hydrogen-bond acceptors (Lipinski definition) is 5. The van der Waals surface area contributed by atoms with Crippen LogP contribution in [0.3, 0.4) is 0 Å². The Morgan fingerprint density at radius 3 is 2.62 bits per heavy atom. The zero-order valence-corrected chi connectivity index (χ0v) is 18.1. The molecule has 0 heterocycles. The van der Waals surface area contributed by atoms with Crippen molar-refractivity contribution in [2.24, 2.45) is 22.7 Å². The molecule has 0 bridgehead atoms. The average molecular weight is 423 g/mol. The van der Waals surface area contributed by atoms with E-state index >= 15 is 0 Å². The Balaban J connectivity index is 2.10. The average Bonchev–Trinajstić information content (AvgIpc) is 2.62. The van der Waals surface area contributed by atoms with Crippen molar-refractivity contribution in [1.82, 2.24) is 0 Å². The summed E-state index contributed by atoms with van der Waals surface area (Å²) in [5.41, 5.74) is 1.68. The number of allylic oxidation sites excluding steroid dienone is 1. The first-order valence-corrected chi connectivity index (χ1v) is 11.4. The van der Waals surface area contributed by atoms with Crippen LogP contribution in [0.1, 0.15) is 68.8 Å². The van der Waals surface area contributed by atoms with E-state index in [1.54, 1.807) is 0 Å². The molecule has 2 fully saturated rings. The van der Waals surface area contributed by atoms with Crippen LogP contribution in [0.4, 0.5) is 0 Å². The molecule has 4 atom stereocenters. The first kappa shape index (κ1) is 21.8. The lowest BCUT2D eigenvalue weighted by atomic mass is 9.46. The molecule has 6 nitrogen and oxygen atoms in total. The van der Waals surface area contributed by atoms with Gasteiger partial charge in [-0.1, -0.05) is 32.9 Å². The molecule has 2 aliphatic rings. The number of aromatic hydroxyl groups is 1. The van der Waals surface area contributed by atoms with E-state index in [9.17, 15) is 22.9 Å². The van der Waals surface area contributed by atoms with Gasteiger partial charge in [-0.3, -0.25) is 9.35 Å². The number of carbonyl (C=O) groups is 1. The van der Waals surface area contributed by atoms with Crippen LogP contribution in [-0.4, -0.2) is 24.4 Å². The van der Waals surface area contributed by atoms with Crippen LogP contribution in [-0.2, 0) is 16.8 Å². The molecule has 2 saturated carbocycles. The molecule has 0 spiro atoms. The van der Waals surface area contributed by atoms with Crippen molar-refractivity contribution in [3.05, 3.63) is 35.4 Å². The van der Waals surface area contributed by atoms with Crippen LogP contribution in [0, 0.1) is 22.7 Å². The highest BCUT2D eigenvalue weighted by Crippen LogP contribution is 2.62. The number of carbonyl (C=O) groups excluding carboxylic acids is 1. The van der Waals surface area contributed by atoms with Gasteiger partial charge < -0.3 is 9.29 Å². The molecular weight excluding hydrogens is 392 g/mol. The number of fused-ring (bicyclic) bond motifs is 1. The van der Waals surface area contributed by atoms with Gasteiger partial charge in [0.15, 0.2) is 11.5 Å². The summed E-state index contributed by atoms with van der Waals surface area (Å²) in [5, 5.41) is 10.3. The molecule has 3 rings (SSSR count). The highest BCUT2D eigenvalue weighted by atomic mass is 32.3. The van der Waals surface area contributed by atoms with E-state index in [2.05, 4.69) is 27.4 Å². The fourth-order valence-electron chi connectivity index (χ4n) is 5.77. The molecular formula is C22H30O6S. The molecule has 0 aromatic heterocycles. The summed E-state index contributed by atoms with van der Waals surface area (Å²) >= 11 is 0. The molecule has 2 aliphatic carbocycles. The minimum Gasteiger partial charge on any atom is -0.504 e. The monoisotopic (exact) mass is 422 g/mol. The van der Waals surface area contributed by atoms with Crippen molar-refractivity contribution >= 4 is 16.7 Å². The number of phenolic OH excluding ortho intramolecular Hbond substituents is 1. The van der Waals surface area contributed by atoms with Crippen molar-refractivity contribution < 1.29 is 27.1 Å². The molecule has 1 aromatic carbocycles. The Hall–Kier alpha value is -1.86. The zero-order valence-electron chi connectivity index (χ0n) is 17.3. The van der Waals surface area contributed by atoms with Gasteiger partial charge in [-0.15, -0.1) is 0 Å². The van der Waals surface area contributed by atoms with Gasteiger partial charge >= 0.3 is 10.4 Å². The van der Waals surface area contributed by atoms with Gasteiger partial charge in [0.25, 0.3) is 0 Å². The predicted molar refractivity (Wildman–Crippen MR) is 110 cm³/mol. The molecule has 0 saturated heterocycles. The minimum atomic E-state index is -4.82. The summed E-state index contributed by atoms with van der Waals surface area (Å²) in [7, 11) is -4.82. The van der Waals surface area contributed by atoms with Crippen LogP contribution >= 0.6 is 0 Å². The predicted octanol–water partition coefficient (Wildman–Crippen LogP) is 4.73. The minimum absolute atomic E-state index is 0.00784. The topological polar surface area (TPSA) is 101 Å². The second-order valence-electron chi connectivity index (χ2n) is 9.25. The lowest BCUT2D eigenvalue weighted by Crippen LogP contribution is -2.51. The lowest BCUT2D eigenvalue weighted by Gasteiger charge is -2.59. The Morgan fingerprint density at radius 1 is 1.31 bits per heavy atom. The third kappa shape index (κ3) is 3.94. The van der Waals surface area contributed by atoms with E-state index in [1.165, 1.54) is 11.6 Å². The summed E-state index contributed by atoms with van der Waals surface area (Å²) in [6, 6.07) is 2.67. The lowest BCUT2D eigenvalue weighted by molar-refractivity contribution is -0.0490. The molecule has 2 N–H and O–H groups in total. The fourth-order valence-corrected chi connectivity index (χ4v) is 6.18. The molecule has 160 valence electrons. The molecule has 0 radical (unpaired) electrons. The van der Waals surface area contributed by atoms with Crippen LogP contribution in [0.2, 0.25) is 0 Å². The highest BCUT2D eigenvalue weighted by molar-refractivity contribution is 7.81. The summed E-state index contributed by atoms with van der Waals surface area (Å²) in [6.45, 7) is 11.0. The zero-order chi connectivity index (χ0) is 21.6. The van der Waals surface area contributed by atoms with Crippen LogP contribution < -0.4 is 4.18 Å². The molecule has 7 heteroatoms. The highest BCUT2D eigenvalue weighted by Gasteiger charge is 2.54. The molecule has 1 aromatic rings. The Bertz CT molecular complexity index is 937. The SMILES string of the molecule is C=C1CCCC2[C@](C)(Cc3cc(C=O)cc(O)c3OS(=O)(=O)O)[C@@H](C)CC[C@]12C. The van der Waals surface area contributed by atoms with Crippen LogP contribution in [0.15, 0.2) is 24.3 Å². The number of benzene rings is 1. The first-order valence-electron chi connectivity index (χ1n) is 10.1. The van der Waals surface area contributed by atoms with E-state index in [0.29, 0.717) is 30.1 Å². The number of phenols is 1. The second kappa shape index (κ2) is 7.43. The summed E-state index contributed by atoms with van der Waals surface area (Å²) in [4.78, 5) is 11.3. The Kier molecular flexibility index (Phi) is 5.60. The smallest absolute Gasteiger partial charge is 0.446 e. The van der Waals surface area contributed by atoms with Gasteiger partial charge in [0.05, 0.1) is 0 Å². The molecule has 29 heavy (non-hydrogen) atoms. The van der Waals surface area contributed by atoms with Crippen molar-refractivity contribution in [1.29, 1.82) is 0 Å². The Labute approximate surface area is 172 Å². The maximum atomic E-state index is 11.4. The third-order valence-electron chi connectivity index (χ3n) is 7.63. The van der Waals surface area contributed by atoms with E-state index in [4.69, 9.17) is 4.18 Å². The van der Waals surface area contributed by atoms with Crippen molar-refractivity contribution in [3.63, 3.8) is 0 Å². The van der Waals surface area contributed by atoms with E-state index in [1.807, 2.05) is 0 Å². The van der Waals surface area contributed by atoms with Gasteiger partial charge in [-0.2, -0.15) is 8.42 Å². The van der Waals surface area contributed by atoms with Crippen molar-refractivity contribution in [3.8, 4) is 11.5 Å². The fraction of sp³-hybridized carbons (Fsp3) is 0.591. The maximum Gasteiger partial charge on any atom is 0.446 e. The number of rotatable bonds is 5. The summed E-state index contributed by atoms with van der Waals surface area (Å²) in [5.74, 6) is -0.119. The van der Waals surface area contributed by atoms with Gasteiger partial charge in [-0.05, 0) is 73.3 Å². The van der Waals surface area contributed by atoms with E-state index in [0.717, 1.165) is 38.2 Å². The quantitative estimate of drug-likeness (QED) is 0.404. The maximum absolute atomic E-state index is 11.4. The molecule has 0 amide bonds. The molecule has 0 aliphatic heterocycles. The third-order valence-corrected chi connectivity index (χ3v) is 8.01. The first-order chi connectivity index (χ1) is 13.4. The van der Waals surface area contributed by atoms with Crippen molar-refractivity contribution in [2.45, 2.75) is 59.3 Å². The number of hydrogen-bond donors (Lipinski definition) is 2. The van der Waals surface area contributed by atoms with Crippen molar-refractivity contribution in [2.75, 3.05) is 0 Å². The van der Waals surface area contributed by atoms with Crippen LogP contribution in [0.5, 0.6) is 11.5 Å². The van der Waals surface area contributed by atoms with Gasteiger partial charge in [0.2, 0.25) is 0 Å².